The van der Waals surface area contributed by atoms with Gasteiger partial charge >= 0.3 is 6.03 Å². The van der Waals surface area contributed by atoms with E-state index in [1.165, 1.54) is 10.9 Å². The van der Waals surface area contributed by atoms with Crippen LogP contribution in [0.1, 0.15) is 42.7 Å². The van der Waals surface area contributed by atoms with E-state index >= 15 is 0 Å². The molecule has 7 nitrogen and oxygen atoms in total. The molecule has 0 radical (unpaired) electrons. The zero-order valence-corrected chi connectivity index (χ0v) is 18.1. The van der Waals surface area contributed by atoms with Crippen molar-refractivity contribution in [3.8, 4) is 6.07 Å². The Hall–Kier alpha value is -3.53. The quantitative estimate of drug-likeness (QED) is 0.660. The molecule has 0 unspecified atom stereocenters. The molecule has 2 aliphatic heterocycles. The number of carbonyl (C=O) groups is 1. The summed E-state index contributed by atoms with van der Waals surface area (Å²) in [7, 11) is 0. The second kappa shape index (κ2) is 8.91. The van der Waals surface area contributed by atoms with Gasteiger partial charge in [0.2, 0.25) is 0 Å². The molecule has 3 aromatic rings. The molecule has 7 heteroatoms. The third-order valence-electron chi connectivity index (χ3n) is 6.89. The van der Waals surface area contributed by atoms with Crippen molar-refractivity contribution in [1.82, 2.24) is 20.2 Å². The summed E-state index contributed by atoms with van der Waals surface area (Å²) < 4.78 is 0. The Labute approximate surface area is 188 Å². The number of hydrogen-bond acceptors (Lipinski definition) is 4. The third-order valence-corrected chi connectivity index (χ3v) is 6.89. The maximum atomic E-state index is 12.8. The number of aromatic nitrogens is 2. The van der Waals surface area contributed by atoms with Crippen LogP contribution in [0.3, 0.4) is 0 Å². The monoisotopic (exact) mass is 428 g/mol. The highest BCUT2D eigenvalue weighted by Gasteiger charge is 2.28. The van der Waals surface area contributed by atoms with Crippen molar-refractivity contribution in [3.63, 3.8) is 0 Å². The Kier molecular flexibility index (Phi) is 5.68. The SMILES string of the molecule is N#Cc1ccc(N2CCC(NC(=O)N3CCC(c4c[nH]c5ncccc45)CC3)CC2)cc1. The number of carbonyl (C=O) groups excluding carboxylic acids is 1. The molecule has 2 N–H and O–H groups in total. The maximum absolute atomic E-state index is 12.8. The molecular formula is C25H28N6O. The number of nitrogens with one attached hydrogen (secondary N) is 2. The molecule has 0 bridgehead atoms. The molecular weight excluding hydrogens is 400 g/mol. The molecule has 4 heterocycles. The van der Waals surface area contributed by atoms with Gasteiger partial charge in [0, 0.05) is 55.7 Å². The fourth-order valence-electron chi connectivity index (χ4n) is 5.00. The smallest absolute Gasteiger partial charge is 0.317 e. The molecule has 5 rings (SSSR count). The van der Waals surface area contributed by atoms with E-state index in [1.54, 1.807) is 0 Å². The van der Waals surface area contributed by atoms with Crippen LogP contribution in [0.5, 0.6) is 0 Å². The van der Waals surface area contributed by atoms with E-state index in [1.807, 2.05) is 41.4 Å². The first kappa shape index (κ1) is 20.4. The summed E-state index contributed by atoms with van der Waals surface area (Å²) >= 11 is 0. The summed E-state index contributed by atoms with van der Waals surface area (Å²) in [6.07, 6.45) is 7.72. The molecule has 0 spiro atoms. The van der Waals surface area contributed by atoms with Crippen molar-refractivity contribution < 1.29 is 4.79 Å². The minimum Gasteiger partial charge on any atom is -0.371 e. The summed E-state index contributed by atoms with van der Waals surface area (Å²) in [6.45, 7) is 3.39. The Morgan fingerprint density at radius 1 is 1.06 bits per heavy atom. The lowest BCUT2D eigenvalue weighted by molar-refractivity contribution is 0.176. The predicted octanol–water partition coefficient (Wildman–Crippen LogP) is 3.99. The van der Waals surface area contributed by atoms with E-state index in [0.717, 1.165) is 63.2 Å². The highest BCUT2D eigenvalue weighted by atomic mass is 16.2. The number of nitrogens with zero attached hydrogens (tertiary/aromatic N) is 4. The number of urea groups is 1. The van der Waals surface area contributed by atoms with Gasteiger partial charge in [0.05, 0.1) is 11.6 Å². The van der Waals surface area contributed by atoms with Gasteiger partial charge in [-0.2, -0.15) is 5.26 Å². The van der Waals surface area contributed by atoms with Crippen molar-refractivity contribution in [3.05, 3.63) is 59.9 Å². The lowest BCUT2D eigenvalue weighted by atomic mass is 9.89. The number of anilines is 1. The highest BCUT2D eigenvalue weighted by Crippen LogP contribution is 2.32. The van der Waals surface area contributed by atoms with Gasteiger partial charge in [-0.05, 0) is 73.6 Å². The zero-order chi connectivity index (χ0) is 21.9. The first-order chi connectivity index (χ1) is 15.7. The molecule has 0 atom stereocenters. The summed E-state index contributed by atoms with van der Waals surface area (Å²) in [5, 5.41) is 13.4. The number of aromatic amines is 1. The third kappa shape index (κ3) is 4.13. The molecule has 2 fully saturated rings. The topological polar surface area (TPSA) is 88.0 Å². The van der Waals surface area contributed by atoms with Crippen molar-refractivity contribution >= 4 is 22.8 Å². The van der Waals surface area contributed by atoms with E-state index < -0.39 is 0 Å². The minimum atomic E-state index is 0.0702. The lowest BCUT2D eigenvalue weighted by Crippen LogP contribution is -2.50. The number of fused-ring (bicyclic) bond motifs is 1. The van der Waals surface area contributed by atoms with Crippen LogP contribution in [0.15, 0.2) is 48.8 Å². The number of rotatable bonds is 3. The van der Waals surface area contributed by atoms with E-state index in [-0.39, 0.29) is 12.1 Å². The van der Waals surface area contributed by atoms with Crippen LogP contribution in [0.2, 0.25) is 0 Å². The van der Waals surface area contributed by atoms with Crippen LogP contribution < -0.4 is 10.2 Å². The summed E-state index contributed by atoms with van der Waals surface area (Å²) in [5.41, 5.74) is 4.09. The average Bonchev–Trinajstić information content (AvgIpc) is 3.29. The van der Waals surface area contributed by atoms with Crippen molar-refractivity contribution in [2.75, 3.05) is 31.1 Å². The van der Waals surface area contributed by atoms with E-state index in [0.29, 0.717) is 11.5 Å². The molecule has 32 heavy (non-hydrogen) atoms. The molecule has 164 valence electrons. The Balaban J connectivity index is 1.10. The maximum Gasteiger partial charge on any atom is 0.317 e. The fourth-order valence-corrected chi connectivity index (χ4v) is 5.00. The molecule has 0 saturated carbocycles. The minimum absolute atomic E-state index is 0.0702. The number of likely N-dealkylation sites (tertiary alicyclic amines) is 1. The molecule has 0 aliphatic carbocycles. The van der Waals surface area contributed by atoms with Crippen LogP contribution in [-0.4, -0.2) is 53.1 Å². The van der Waals surface area contributed by atoms with Crippen LogP contribution in [-0.2, 0) is 0 Å². The number of pyridine rings is 1. The van der Waals surface area contributed by atoms with Crippen LogP contribution in [0.25, 0.3) is 11.0 Å². The Morgan fingerprint density at radius 2 is 1.81 bits per heavy atom. The molecule has 2 aromatic heterocycles. The molecule has 2 aliphatic rings. The number of benzene rings is 1. The molecule has 2 amide bonds. The van der Waals surface area contributed by atoms with Gasteiger partial charge in [0.25, 0.3) is 0 Å². The van der Waals surface area contributed by atoms with Crippen LogP contribution in [0.4, 0.5) is 10.5 Å². The standard InChI is InChI=1S/C25H28N6O/c26-16-18-3-5-21(6-4-18)30-14-9-20(10-15-30)29-25(32)31-12-7-19(8-13-31)23-17-28-24-22(23)2-1-11-27-24/h1-6,11,17,19-20H,7-10,12-15H2,(H,27,28)(H,29,32). The highest BCUT2D eigenvalue weighted by molar-refractivity contribution is 5.80. The number of H-pyrrole nitrogens is 1. The summed E-state index contributed by atoms with van der Waals surface area (Å²) in [4.78, 5) is 24.8. The van der Waals surface area contributed by atoms with E-state index in [2.05, 4.69) is 38.5 Å². The number of amides is 2. The van der Waals surface area contributed by atoms with Crippen LogP contribution >= 0.6 is 0 Å². The second-order valence-electron chi connectivity index (χ2n) is 8.77. The number of nitriles is 1. The van der Waals surface area contributed by atoms with Crippen LogP contribution in [0, 0.1) is 11.3 Å². The largest absolute Gasteiger partial charge is 0.371 e. The van der Waals surface area contributed by atoms with Gasteiger partial charge in [0.1, 0.15) is 5.65 Å². The van der Waals surface area contributed by atoms with E-state index in [9.17, 15) is 4.79 Å². The lowest BCUT2D eigenvalue weighted by Gasteiger charge is -2.36. The van der Waals surface area contributed by atoms with Gasteiger partial charge in [-0.25, -0.2) is 9.78 Å². The molecule has 2 saturated heterocycles. The Bertz CT molecular complexity index is 1120. The first-order valence-electron chi connectivity index (χ1n) is 11.4. The van der Waals surface area contributed by atoms with Crippen molar-refractivity contribution in [2.45, 2.75) is 37.6 Å². The van der Waals surface area contributed by atoms with Gasteiger partial charge in [-0.1, -0.05) is 0 Å². The summed E-state index contributed by atoms with van der Waals surface area (Å²) in [6, 6.07) is 14.3. The van der Waals surface area contributed by atoms with E-state index in [4.69, 9.17) is 5.26 Å². The first-order valence-corrected chi connectivity index (χ1v) is 11.4. The summed E-state index contributed by atoms with van der Waals surface area (Å²) in [5.74, 6) is 0.465. The van der Waals surface area contributed by atoms with Gasteiger partial charge in [-0.15, -0.1) is 0 Å². The normalized spacial score (nSPS) is 18.0. The van der Waals surface area contributed by atoms with Crippen molar-refractivity contribution in [1.29, 1.82) is 5.26 Å². The average molecular weight is 429 g/mol. The van der Waals surface area contributed by atoms with Crippen molar-refractivity contribution in [2.24, 2.45) is 0 Å². The predicted molar refractivity (Wildman–Crippen MR) is 125 cm³/mol. The van der Waals surface area contributed by atoms with Gasteiger partial charge in [-0.3, -0.25) is 0 Å². The number of piperidine rings is 2. The fraction of sp³-hybridized carbons (Fsp3) is 0.400. The molecule has 1 aromatic carbocycles. The Morgan fingerprint density at radius 3 is 2.53 bits per heavy atom. The second-order valence-corrected chi connectivity index (χ2v) is 8.77. The van der Waals surface area contributed by atoms with Gasteiger partial charge in [0.15, 0.2) is 0 Å². The van der Waals surface area contributed by atoms with Gasteiger partial charge < -0.3 is 20.1 Å². The number of hydrogen-bond donors (Lipinski definition) is 2. The zero-order valence-electron chi connectivity index (χ0n) is 18.1.